The molecule has 0 saturated carbocycles. The largest absolute Gasteiger partial charge is 0.342 e. The van der Waals surface area contributed by atoms with Gasteiger partial charge in [0.2, 0.25) is 5.91 Å². The van der Waals surface area contributed by atoms with Crippen LogP contribution in [0.5, 0.6) is 0 Å². The van der Waals surface area contributed by atoms with E-state index in [1.807, 2.05) is 24.3 Å². The van der Waals surface area contributed by atoms with E-state index in [0.29, 0.717) is 22.9 Å². The van der Waals surface area contributed by atoms with Crippen LogP contribution < -0.4 is 5.32 Å². The van der Waals surface area contributed by atoms with Crippen LogP contribution in [0, 0.1) is 0 Å². The third-order valence-corrected chi connectivity index (χ3v) is 7.88. The zero-order chi connectivity index (χ0) is 18.9. The maximum Gasteiger partial charge on any atom is 0.263 e. The van der Waals surface area contributed by atoms with Crippen LogP contribution in [0.15, 0.2) is 24.3 Å². The van der Waals surface area contributed by atoms with Gasteiger partial charge in [0.25, 0.3) is 5.91 Å². The Balaban J connectivity index is 1.66. The summed E-state index contributed by atoms with van der Waals surface area (Å²) in [5.74, 6) is -0.603. The molecule has 6 nitrogen and oxygen atoms in total. The first-order valence-electron chi connectivity index (χ1n) is 8.27. The molecule has 2 aromatic rings. The van der Waals surface area contributed by atoms with Gasteiger partial charge in [-0.2, -0.15) is 0 Å². The minimum Gasteiger partial charge on any atom is -0.342 e. The van der Waals surface area contributed by atoms with Gasteiger partial charge in [-0.25, -0.2) is 8.42 Å². The molecule has 0 aliphatic carbocycles. The Morgan fingerprint density at radius 1 is 1.35 bits per heavy atom. The fourth-order valence-corrected chi connectivity index (χ4v) is 6.32. The summed E-state index contributed by atoms with van der Waals surface area (Å²) in [4.78, 5) is 26.8. The number of hydrogen-bond acceptors (Lipinski definition) is 5. The highest BCUT2D eigenvalue weighted by Crippen LogP contribution is 2.34. The van der Waals surface area contributed by atoms with Gasteiger partial charge in [-0.05, 0) is 19.4 Å². The number of thiophene rings is 1. The van der Waals surface area contributed by atoms with E-state index in [9.17, 15) is 18.0 Å². The molecule has 9 heteroatoms. The average molecular weight is 415 g/mol. The summed E-state index contributed by atoms with van der Waals surface area (Å²) in [5.41, 5.74) is 0. The third kappa shape index (κ3) is 3.87. The second-order valence-electron chi connectivity index (χ2n) is 6.16. The molecule has 0 spiro atoms. The smallest absolute Gasteiger partial charge is 0.263 e. The van der Waals surface area contributed by atoms with Crippen molar-refractivity contribution in [2.24, 2.45) is 0 Å². The number of hydrogen-bond donors (Lipinski definition) is 1. The Bertz CT molecular complexity index is 955. The number of likely N-dealkylation sites (N-methyl/N-ethyl adjacent to an activating group) is 1. The van der Waals surface area contributed by atoms with Gasteiger partial charge in [-0.3, -0.25) is 9.59 Å². The fraction of sp³-hybridized carbons (Fsp3) is 0.412. The topological polar surface area (TPSA) is 83.6 Å². The zero-order valence-electron chi connectivity index (χ0n) is 14.2. The number of nitrogens with zero attached hydrogens (tertiary/aromatic N) is 1. The summed E-state index contributed by atoms with van der Waals surface area (Å²) in [6, 6.07) is 7.13. The molecule has 1 aliphatic rings. The monoisotopic (exact) mass is 414 g/mol. The van der Waals surface area contributed by atoms with E-state index in [4.69, 9.17) is 11.6 Å². The molecule has 140 valence electrons. The van der Waals surface area contributed by atoms with E-state index in [1.54, 1.807) is 6.92 Å². The molecule has 0 radical (unpaired) electrons. The number of carbonyl (C=O) groups is 2. The maximum absolute atomic E-state index is 12.5. The molecule has 1 aromatic carbocycles. The van der Waals surface area contributed by atoms with Crippen LogP contribution in [0.3, 0.4) is 0 Å². The first-order valence-corrected chi connectivity index (χ1v) is 11.3. The van der Waals surface area contributed by atoms with E-state index in [1.165, 1.54) is 16.2 Å². The molecule has 1 unspecified atom stereocenters. The Kier molecular flexibility index (Phi) is 5.55. The number of fused-ring (bicyclic) bond motifs is 1. The summed E-state index contributed by atoms with van der Waals surface area (Å²) in [6.07, 6.45) is 0.442. The molecule has 1 aliphatic heterocycles. The molecule has 1 N–H and O–H groups in total. The van der Waals surface area contributed by atoms with Crippen molar-refractivity contribution >= 4 is 54.7 Å². The molecule has 2 amide bonds. The van der Waals surface area contributed by atoms with Gasteiger partial charge in [-0.1, -0.05) is 29.8 Å². The van der Waals surface area contributed by atoms with Crippen molar-refractivity contribution in [1.82, 2.24) is 10.2 Å². The third-order valence-electron chi connectivity index (χ3n) is 4.45. The summed E-state index contributed by atoms with van der Waals surface area (Å²) >= 11 is 7.55. The van der Waals surface area contributed by atoms with Gasteiger partial charge < -0.3 is 10.2 Å². The minimum atomic E-state index is -3.08. The number of amides is 2. The van der Waals surface area contributed by atoms with Crippen molar-refractivity contribution in [2.45, 2.75) is 19.4 Å². The van der Waals surface area contributed by atoms with Crippen LogP contribution in [-0.4, -0.2) is 55.8 Å². The lowest BCUT2D eigenvalue weighted by atomic mass is 10.2. The Labute approximate surface area is 161 Å². The Morgan fingerprint density at radius 2 is 2.08 bits per heavy atom. The van der Waals surface area contributed by atoms with Crippen molar-refractivity contribution in [3.8, 4) is 0 Å². The molecule has 1 aromatic heterocycles. The summed E-state index contributed by atoms with van der Waals surface area (Å²) < 4.78 is 24.2. The van der Waals surface area contributed by atoms with Gasteiger partial charge in [0, 0.05) is 22.7 Å². The molecule has 1 fully saturated rings. The first-order chi connectivity index (χ1) is 12.3. The summed E-state index contributed by atoms with van der Waals surface area (Å²) in [5, 5.41) is 3.79. The van der Waals surface area contributed by atoms with E-state index in [-0.39, 0.29) is 30.0 Å². The standard InChI is InChI=1S/C17H19ClN2O4S2/c1-2-20(11-7-8-26(23,24)10-11)14(21)9-19-17(22)16-15(18)12-5-3-4-6-13(12)25-16/h3-6,11H,2,7-10H2,1H3,(H,19,22). The quantitative estimate of drug-likeness (QED) is 0.813. The van der Waals surface area contributed by atoms with Gasteiger partial charge in [0.1, 0.15) is 4.88 Å². The highest BCUT2D eigenvalue weighted by Gasteiger charge is 2.33. The molecule has 0 bridgehead atoms. The van der Waals surface area contributed by atoms with Crippen LogP contribution in [-0.2, 0) is 14.6 Å². The normalized spacial score (nSPS) is 18.8. The van der Waals surface area contributed by atoms with Crippen molar-refractivity contribution in [2.75, 3.05) is 24.6 Å². The molecular formula is C17H19ClN2O4S2. The van der Waals surface area contributed by atoms with Gasteiger partial charge in [0.05, 0.1) is 23.1 Å². The van der Waals surface area contributed by atoms with Gasteiger partial charge in [0.15, 0.2) is 9.84 Å². The Morgan fingerprint density at radius 3 is 2.69 bits per heavy atom. The molecular weight excluding hydrogens is 396 g/mol. The van der Waals surface area contributed by atoms with Crippen LogP contribution in [0.2, 0.25) is 5.02 Å². The number of sulfone groups is 1. The highest BCUT2D eigenvalue weighted by molar-refractivity contribution is 7.91. The number of carbonyl (C=O) groups excluding carboxylic acids is 2. The SMILES string of the molecule is CCN(C(=O)CNC(=O)c1sc2ccccc2c1Cl)C1CCS(=O)(=O)C1. The Hall–Kier alpha value is -1.64. The first kappa shape index (κ1) is 19.1. The minimum absolute atomic E-state index is 0.0112. The lowest BCUT2D eigenvalue weighted by Crippen LogP contribution is -2.46. The lowest BCUT2D eigenvalue weighted by Gasteiger charge is -2.26. The number of rotatable bonds is 5. The van der Waals surface area contributed by atoms with Crippen molar-refractivity contribution in [3.05, 3.63) is 34.2 Å². The zero-order valence-corrected chi connectivity index (χ0v) is 16.6. The van der Waals surface area contributed by atoms with Crippen LogP contribution in [0.4, 0.5) is 0 Å². The van der Waals surface area contributed by atoms with Crippen LogP contribution in [0.1, 0.15) is 23.0 Å². The fourth-order valence-electron chi connectivity index (χ4n) is 3.16. The predicted molar refractivity (Wildman–Crippen MR) is 104 cm³/mol. The number of benzene rings is 1. The summed E-state index contributed by atoms with van der Waals surface area (Å²) in [7, 11) is -3.08. The number of halogens is 1. The van der Waals surface area contributed by atoms with Gasteiger partial charge in [-0.15, -0.1) is 11.3 Å². The maximum atomic E-state index is 12.5. The van der Waals surface area contributed by atoms with Crippen LogP contribution in [0.25, 0.3) is 10.1 Å². The average Bonchev–Trinajstić information content (AvgIpc) is 3.13. The molecule has 3 rings (SSSR count). The molecule has 2 heterocycles. The molecule has 1 saturated heterocycles. The van der Waals surface area contributed by atoms with E-state index in [2.05, 4.69) is 5.32 Å². The van der Waals surface area contributed by atoms with E-state index in [0.717, 1.165) is 10.1 Å². The molecule has 1 atom stereocenters. The predicted octanol–water partition coefficient (Wildman–Crippen LogP) is 2.32. The lowest BCUT2D eigenvalue weighted by molar-refractivity contribution is -0.131. The van der Waals surface area contributed by atoms with Crippen molar-refractivity contribution in [1.29, 1.82) is 0 Å². The van der Waals surface area contributed by atoms with Crippen LogP contribution >= 0.6 is 22.9 Å². The summed E-state index contributed by atoms with van der Waals surface area (Å²) in [6.45, 7) is 2.01. The second-order valence-corrected chi connectivity index (χ2v) is 9.82. The van der Waals surface area contributed by atoms with Gasteiger partial charge >= 0.3 is 0 Å². The molecule has 26 heavy (non-hydrogen) atoms. The second kappa shape index (κ2) is 7.54. The van der Waals surface area contributed by atoms with E-state index < -0.39 is 15.7 Å². The van der Waals surface area contributed by atoms with Crippen molar-refractivity contribution < 1.29 is 18.0 Å². The highest BCUT2D eigenvalue weighted by atomic mass is 35.5. The van der Waals surface area contributed by atoms with Crippen molar-refractivity contribution in [3.63, 3.8) is 0 Å². The number of nitrogens with one attached hydrogen (secondary N) is 1. The van der Waals surface area contributed by atoms with E-state index >= 15 is 0 Å².